The second kappa shape index (κ2) is 10.8. The van der Waals surface area contributed by atoms with Gasteiger partial charge in [0.2, 0.25) is 5.78 Å². The molecule has 0 saturated carbocycles. The Kier molecular flexibility index (Phi) is 7.28. The van der Waals surface area contributed by atoms with Crippen LogP contribution in [0.1, 0.15) is 40.1 Å². The Hall–Kier alpha value is -3.98. The Morgan fingerprint density at radius 1 is 0.974 bits per heavy atom. The number of methoxy groups -OCH3 is 3. The molecule has 0 spiro atoms. The lowest BCUT2D eigenvalue weighted by molar-refractivity contribution is 0.0545. The van der Waals surface area contributed by atoms with E-state index in [0.29, 0.717) is 57.1 Å². The van der Waals surface area contributed by atoms with E-state index in [-0.39, 0.29) is 23.2 Å². The molecule has 1 amide bonds. The first kappa shape index (κ1) is 25.7. The van der Waals surface area contributed by atoms with Crippen LogP contribution in [0, 0.1) is 5.82 Å². The Morgan fingerprint density at radius 3 is 2.50 bits per heavy atom. The molecule has 1 aliphatic rings. The highest BCUT2D eigenvalue weighted by molar-refractivity contribution is 7.17. The SMILES string of the molecule is COc1ccc(C(=O)N2CCCCC2C(=O)c2ccc(OC)c(-c3csc4c(F)cccc34)n2)cc1OC. The van der Waals surface area contributed by atoms with Gasteiger partial charge in [-0.3, -0.25) is 9.59 Å². The van der Waals surface area contributed by atoms with Crippen molar-refractivity contribution >= 4 is 33.1 Å². The summed E-state index contributed by atoms with van der Waals surface area (Å²) in [5.41, 5.74) is 1.80. The predicted molar refractivity (Wildman–Crippen MR) is 144 cm³/mol. The van der Waals surface area contributed by atoms with Crippen LogP contribution in [0.25, 0.3) is 21.3 Å². The van der Waals surface area contributed by atoms with E-state index in [4.69, 9.17) is 19.2 Å². The van der Waals surface area contributed by atoms with Gasteiger partial charge >= 0.3 is 0 Å². The smallest absolute Gasteiger partial charge is 0.254 e. The van der Waals surface area contributed by atoms with Crippen LogP contribution in [0.4, 0.5) is 4.39 Å². The molecule has 9 heteroatoms. The molecule has 1 saturated heterocycles. The zero-order valence-electron chi connectivity index (χ0n) is 21.3. The highest BCUT2D eigenvalue weighted by Gasteiger charge is 2.34. The number of carbonyl (C=O) groups excluding carboxylic acids is 2. The number of rotatable bonds is 7. The molecule has 2 aromatic carbocycles. The summed E-state index contributed by atoms with van der Waals surface area (Å²) in [6.45, 7) is 0.459. The lowest BCUT2D eigenvalue weighted by Gasteiger charge is -2.34. The normalized spacial score (nSPS) is 15.4. The Balaban J connectivity index is 1.50. The molecule has 1 unspecified atom stereocenters. The van der Waals surface area contributed by atoms with Crippen molar-refractivity contribution in [3.8, 4) is 28.5 Å². The van der Waals surface area contributed by atoms with E-state index in [1.807, 2.05) is 11.4 Å². The molecule has 1 aliphatic heterocycles. The number of likely N-dealkylation sites (tertiary alicyclic amines) is 1. The third kappa shape index (κ3) is 4.58. The molecule has 38 heavy (non-hydrogen) atoms. The fourth-order valence-electron chi connectivity index (χ4n) is 4.90. The number of thiophene rings is 1. The third-order valence-electron chi connectivity index (χ3n) is 6.83. The molecular weight excluding hydrogens is 507 g/mol. The van der Waals surface area contributed by atoms with E-state index >= 15 is 0 Å². The van der Waals surface area contributed by atoms with Crippen LogP contribution in [0.3, 0.4) is 0 Å². The zero-order chi connectivity index (χ0) is 26.8. The summed E-state index contributed by atoms with van der Waals surface area (Å²) < 4.78 is 31.0. The number of nitrogens with zero attached hydrogens (tertiary/aromatic N) is 2. The number of fused-ring (bicyclic) bond motifs is 1. The maximum Gasteiger partial charge on any atom is 0.254 e. The number of amides is 1. The number of pyridine rings is 1. The van der Waals surface area contributed by atoms with Crippen molar-refractivity contribution in [3.05, 3.63) is 71.0 Å². The summed E-state index contributed by atoms with van der Waals surface area (Å²) in [5, 5.41) is 2.52. The number of benzene rings is 2. The Bertz CT molecular complexity index is 1520. The summed E-state index contributed by atoms with van der Waals surface area (Å²) in [4.78, 5) is 33.7. The monoisotopic (exact) mass is 534 g/mol. The van der Waals surface area contributed by atoms with Crippen molar-refractivity contribution in [1.82, 2.24) is 9.88 Å². The highest BCUT2D eigenvalue weighted by atomic mass is 32.1. The second-order valence-electron chi connectivity index (χ2n) is 8.96. The lowest BCUT2D eigenvalue weighted by atomic mass is 9.95. The van der Waals surface area contributed by atoms with Gasteiger partial charge in [-0.2, -0.15) is 0 Å². The van der Waals surface area contributed by atoms with Gasteiger partial charge in [-0.25, -0.2) is 9.37 Å². The molecule has 0 radical (unpaired) electrons. The molecule has 4 aromatic rings. The summed E-state index contributed by atoms with van der Waals surface area (Å²) in [7, 11) is 4.57. The van der Waals surface area contributed by atoms with Gasteiger partial charge in [0, 0.05) is 28.4 Å². The molecule has 0 bridgehead atoms. The summed E-state index contributed by atoms with van der Waals surface area (Å²) in [5.74, 6) is 0.638. The molecule has 3 heterocycles. The lowest BCUT2D eigenvalue weighted by Crippen LogP contribution is -2.48. The quantitative estimate of drug-likeness (QED) is 0.271. The zero-order valence-corrected chi connectivity index (χ0v) is 22.1. The molecule has 5 rings (SSSR count). The number of ether oxygens (including phenoxy) is 3. The number of piperidine rings is 1. The van der Waals surface area contributed by atoms with Gasteiger partial charge in [-0.05, 0) is 55.7 Å². The maximum absolute atomic E-state index is 14.3. The molecule has 0 N–H and O–H groups in total. The fraction of sp³-hybridized carbons (Fsp3) is 0.276. The number of hydrogen-bond acceptors (Lipinski definition) is 7. The highest BCUT2D eigenvalue weighted by Crippen LogP contribution is 2.39. The molecule has 0 aliphatic carbocycles. The van der Waals surface area contributed by atoms with Crippen molar-refractivity contribution < 1.29 is 28.2 Å². The number of halogens is 1. The number of Topliss-reactive ketones (excluding diaryl/α,β-unsaturated/α-hetero) is 1. The first-order valence-corrected chi connectivity index (χ1v) is 13.1. The van der Waals surface area contributed by atoms with E-state index in [9.17, 15) is 14.0 Å². The molecule has 1 fully saturated rings. The van der Waals surface area contributed by atoms with Gasteiger partial charge in [0.05, 0.1) is 32.1 Å². The molecule has 2 aromatic heterocycles. The van der Waals surface area contributed by atoms with Crippen molar-refractivity contribution in [1.29, 1.82) is 0 Å². The van der Waals surface area contributed by atoms with Crippen molar-refractivity contribution in [2.24, 2.45) is 0 Å². The first-order chi connectivity index (χ1) is 18.5. The minimum absolute atomic E-state index is 0.230. The van der Waals surface area contributed by atoms with Crippen molar-refractivity contribution in [3.63, 3.8) is 0 Å². The standard InChI is InChI=1S/C29H27FN2O5S/c1-35-23-12-10-17(15-25(23)37-3)29(34)32-14-5-4-9-22(32)27(33)21-11-13-24(36-2)26(31-21)19-16-38-28-18(19)7-6-8-20(28)30/h6-8,10-13,15-16,22H,4-5,9,14H2,1-3H3. The number of aromatic nitrogens is 1. The average Bonchev–Trinajstić information content (AvgIpc) is 3.41. The summed E-state index contributed by atoms with van der Waals surface area (Å²) in [6, 6.07) is 12.5. The van der Waals surface area contributed by atoms with Gasteiger partial charge in [0.1, 0.15) is 23.0 Å². The first-order valence-electron chi connectivity index (χ1n) is 12.2. The van der Waals surface area contributed by atoms with Crippen molar-refractivity contribution in [2.45, 2.75) is 25.3 Å². The number of hydrogen-bond donors (Lipinski definition) is 0. The van der Waals surface area contributed by atoms with Crippen LogP contribution < -0.4 is 14.2 Å². The van der Waals surface area contributed by atoms with Gasteiger partial charge < -0.3 is 19.1 Å². The van der Waals surface area contributed by atoms with Crippen LogP contribution >= 0.6 is 11.3 Å². The third-order valence-corrected chi connectivity index (χ3v) is 7.84. The van der Waals surface area contributed by atoms with Crippen LogP contribution in [0.2, 0.25) is 0 Å². The second-order valence-corrected chi connectivity index (χ2v) is 9.84. The van der Waals surface area contributed by atoms with E-state index in [0.717, 1.165) is 12.8 Å². The molecular formula is C29H27FN2O5S. The summed E-state index contributed by atoms with van der Waals surface area (Å²) >= 11 is 1.28. The Morgan fingerprint density at radius 2 is 1.74 bits per heavy atom. The van der Waals surface area contributed by atoms with Gasteiger partial charge in [0.25, 0.3) is 5.91 Å². The van der Waals surface area contributed by atoms with Gasteiger partial charge in [-0.15, -0.1) is 11.3 Å². The summed E-state index contributed by atoms with van der Waals surface area (Å²) in [6.07, 6.45) is 2.16. The van der Waals surface area contributed by atoms with Crippen molar-refractivity contribution in [2.75, 3.05) is 27.9 Å². The minimum atomic E-state index is -0.658. The molecule has 7 nitrogen and oxygen atoms in total. The predicted octanol–water partition coefficient (Wildman–Crippen LogP) is 6.01. The molecule has 196 valence electrons. The van der Waals surface area contributed by atoms with E-state index in [1.54, 1.807) is 41.3 Å². The Labute approximate surface area is 223 Å². The molecule has 1 atom stereocenters. The average molecular weight is 535 g/mol. The van der Waals surface area contributed by atoms with Crippen LogP contribution in [-0.2, 0) is 0 Å². The fourth-order valence-corrected chi connectivity index (χ4v) is 5.86. The maximum atomic E-state index is 14.3. The van der Waals surface area contributed by atoms with Crippen LogP contribution in [0.5, 0.6) is 17.2 Å². The van der Waals surface area contributed by atoms with E-state index in [2.05, 4.69) is 0 Å². The minimum Gasteiger partial charge on any atom is -0.494 e. The number of ketones is 1. The van der Waals surface area contributed by atoms with Crippen LogP contribution in [-0.4, -0.2) is 55.5 Å². The number of carbonyl (C=O) groups is 2. The largest absolute Gasteiger partial charge is 0.494 e. The van der Waals surface area contributed by atoms with E-state index in [1.165, 1.54) is 38.7 Å². The van der Waals surface area contributed by atoms with Gasteiger partial charge in [-0.1, -0.05) is 12.1 Å². The van der Waals surface area contributed by atoms with E-state index < -0.39 is 6.04 Å². The van der Waals surface area contributed by atoms with Crippen LogP contribution in [0.15, 0.2) is 53.9 Å². The topological polar surface area (TPSA) is 78.0 Å². The van der Waals surface area contributed by atoms with Gasteiger partial charge in [0.15, 0.2) is 11.5 Å².